The van der Waals surface area contributed by atoms with E-state index in [0.717, 1.165) is 11.1 Å². The van der Waals surface area contributed by atoms with Crippen LogP contribution in [-0.4, -0.2) is 25.9 Å². The molecule has 0 aliphatic carbocycles. The lowest BCUT2D eigenvalue weighted by atomic mass is 10.2. The van der Waals surface area contributed by atoms with Crippen LogP contribution in [0.4, 0.5) is 5.13 Å². The maximum absolute atomic E-state index is 12.6. The monoisotopic (exact) mass is 503 g/mol. The number of anilines is 1. The lowest BCUT2D eigenvalue weighted by molar-refractivity contribution is 0.102. The summed E-state index contributed by atoms with van der Waals surface area (Å²) >= 11 is 15.0. The first-order valence-corrected chi connectivity index (χ1v) is 11.9. The molecule has 0 fully saturated rings. The van der Waals surface area contributed by atoms with Crippen molar-refractivity contribution in [3.63, 3.8) is 0 Å². The van der Waals surface area contributed by atoms with Crippen molar-refractivity contribution in [2.45, 2.75) is 16.6 Å². The van der Waals surface area contributed by atoms with Crippen LogP contribution in [0, 0.1) is 0 Å². The van der Waals surface area contributed by atoms with Gasteiger partial charge in [-0.15, -0.1) is 10.2 Å². The van der Waals surface area contributed by atoms with E-state index in [1.54, 1.807) is 18.2 Å². The first-order chi connectivity index (χ1) is 15.5. The summed E-state index contributed by atoms with van der Waals surface area (Å²) < 4.78 is 1.90. The molecule has 0 aliphatic rings. The maximum Gasteiger partial charge on any atom is 0.277 e. The number of benzene rings is 2. The van der Waals surface area contributed by atoms with Crippen molar-refractivity contribution < 1.29 is 4.79 Å². The van der Waals surface area contributed by atoms with Crippen molar-refractivity contribution >= 4 is 57.3 Å². The standard InChI is InChI=1S/C21H15Cl2N5O2S2/c22-15-7-4-8-16(23)14(15)12-31-21-26-25-20(32-21)24-19(30)17-9-10-18(29)28(27-17)11-13-5-2-1-3-6-13/h1-10H,11-12H2,(H,24,25,30). The zero-order valence-electron chi connectivity index (χ0n) is 16.4. The third kappa shape index (κ3) is 5.55. The van der Waals surface area contributed by atoms with Gasteiger partial charge in [0.15, 0.2) is 4.34 Å². The summed E-state index contributed by atoms with van der Waals surface area (Å²) in [5.41, 5.74) is 1.53. The van der Waals surface area contributed by atoms with Crippen LogP contribution in [0.5, 0.6) is 0 Å². The molecule has 0 radical (unpaired) electrons. The van der Waals surface area contributed by atoms with E-state index in [-0.39, 0.29) is 17.8 Å². The fraction of sp³-hybridized carbons (Fsp3) is 0.0952. The first kappa shape index (κ1) is 22.5. The Hall–Kier alpha value is -2.72. The van der Waals surface area contributed by atoms with Gasteiger partial charge in [-0.05, 0) is 29.3 Å². The third-order valence-electron chi connectivity index (χ3n) is 4.30. The van der Waals surface area contributed by atoms with Crippen LogP contribution in [0.15, 0.2) is 69.8 Å². The van der Waals surface area contributed by atoms with E-state index in [1.807, 2.05) is 30.3 Å². The second-order valence-electron chi connectivity index (χ2n) is 6.52. The molecule has 162 valence electrons. The van der Waals surface area contributed by atoms with Crippen molar-refractivity contribution in [1.29, 1.82) is 0 Å². The molecular weight excluding hydrogens is 489 g/mol. The summed E-state index contributed by atoms with van der Waals surface area (Å²) in [6.45, 7) is 0.269. The number of halogens is 2. The molecule has 11 heteroatoms. The van der Waals surface area contributed by atoms with E-state index < -0.39 is 5.91 Å². The zero-order valence-corrected chi connectivity index (χ0v) is 19.5. The van der Waals surface area contributed by atoms with Gasteiger partial charge < -0.3 is 0 Å². The number of nitrogens with one attached hydrogen (secondary N) is 1. The number of nitrogens with zero attached hydrogens (tertiary/aromatic N) is 4. The van der Waals surface area contributed by atoms with Crippen LogP contribution in [0.3, 0.4) is 0 Å². The Morgan fingerprint density at radius 3 is 2.50 bits per heavy atom. The molecule has 2 aromatic carbocycles. The Kier molecular flexibility index (Phi) is 7.21. The molecule has 0 spiro atoms. The second kappa shape index (κ2) is 10.3. The molecule has 1 N–H and O–H groups in total. The number of carbonyl (C=O) groups excluding carboxylic acids is 1. The highest BCUT2D eigenvalue weighted by Crippen LogP contribution is 2.33. The highest BCUT2D eigenvalue weighted by molar-refractivity contribution is 8.00. The summed E-state index contributed by atoms with van der Waals surface area (Å²) in [4.78, 5) is 24.7. The molecule has 0 atom stereocenters. The largest absolute Gasteiger partial charge is 0.295 e. The molecule has 0 bridgehead atoms. The first-order valence-electron chi connectivity index (χ1n) is 9.32. The smallest absolute Gasteiger partial charge is 0.277 e. The number of carbonyl (C=O) groups is 1. The molecule has 7 nitrogen and oxygen atoms in total. The van der Waals surface area contributed by atoms with Crippen LogP contribution >= 0.6 is 46.3 Å². The molecule has 2 heterocycles. The van der Waals surface area contributed by atoms with Crippen molar-refractivity contribution in [2.24, 2.45) is 0 Å². The van der Waals surface area contributed by atoms with E-state index in [0.29, 0.717) is 25.3 Å². The molecule has 0 saturated heterocycles. The minimum absolute atomic E-state index is 0.104. The Balaban J connectivity index is 1.42. The van der Waals surface area contributed by atoms with E-state index in [4.69, 9.17) is 23.2 Å². The predicted octanol–water partition coefficient (Wildman–Crippen LogP) is 4.99. The molecular formula is C21H15Cl2N5O2S2. The number of hydrogen-bond donors (Lipinski definition) is 1. The SMILES string of the molecule is O=C(Nc1nnc(SCc2c(Cl)cccc2Cl)s1)c1ccc(=O)n(Cc2ccccc2)n1. The normalized spacial score (nSPS) is 10.8. The number of hydrogen-bond acceptors (Lipinski definition) is 7. The molecule has 1 amide bonds. The quantitative estimate of drug-likeness (QED) is 0.282. The topological polar surface area (TPSA) is 89.8 Å². The Morgan fingerprint density at radius 1 is 1.00 bits per heavy atom. The summed E-state index contributed by atoms with van der Waals surface area (Å²) in [6, 6.07) is 17.5. The Morgan fingerprint density at radius 2 is 1.75 bits per heavy atom. The van der Waals surface area contributed by atoms with Crippen LogP contribution in [0.1, 0.15) is 21.6 Å². The minimum atomic E-state index is -0.478. The maximum atomic E-state index is 12.6. The average molecular weight is 504 g/mol. The van der Waals surface area contributed by atoms with E-state index in [1.165, 1.54) is 39.9 Å². The van der Waals surface area contributed by atoms with Crippen LogP contribution < -0.4 is 10.9 Å². The molecule has 32 heavy (non-hydrogen) atoms. The van der Waals surface area contributed by atoms with Crippen molar-refractivity contribution in [3.05, 3.63) is 97.9 Å². The molecule has 4 aromatic rings. The minimum Gasteiger partial charge on any atom is -0.295 e. The van der Waals surface area contributed by atoms with Crippen LogP contribution in [-0.2, 0) is 12.3 Å². The van der Waals surface area contributed by atoms with Gasteiger partial charge in [-0.25, -0.2) is 4.68 Å². The van der Waals surface area contributed by atoms with Crippen LogP contribution in [0.2, 0.25) is 10.0 Å². The van der Waals surface area contributed by atoms with Gasteiger partial charge in [0, 0.05) is 21.9 Å². The summed E-state index contributed by atoms with van der Waals surface area (Å²) in [7, 11) is 0. The predicted molar refractivity (Wildman–Crippen MR) is 128 cm³/mol. The number of thioether (sulfide) groups is 1. The summed E-state index contributed by atoms with van der Waals surface area (Å²) in [5, 5.41) is 16.4. The lowest BCUT2D eigenvalue weighted by Gasteiger charge is -2.06. The second-order valence-corrected chi connectivity index (χ2v) is 9.53. The zero-order chi connectivity index (χ0) is 22.5. The van der Waals surface area contributed by atoms with E-state index in [2.05, 4.69) is 20.6 Å². The highest BCUT2D eigenvalue weighted by Gasteiger charge is 2.14. The van der Waals surface area contributed by atoms with Gasteiger partial charge in [0.1, 0.15) is 5.69 Å². The molecule has 0 aliphatic heterocycles. The fourth-order valence-corrected chi connectivity index (χ4v) is 5.21. The van der Waals surface area contributed by atoms with Crippen molar-refractivity contribution in [1.82, 2.24) is 20.0 Å². The third-order valence-corrected chi connectivity index (χ3v) is 7.01. The van der Waals surface area contributed by atoms with Gasteiger partial charge in [0.05, 0.1) is 6.54 Å². The molecule has 4 rings (SSSR count). The number of aromatic nitrogens is 4. The van der Waals surface area contributed by atoms with E-state index in [9.17, 15) is 9.59 Å². The van der Waals surface area contributed by atoms with E-state index >= 15 is 0 Å². The molecule has 2 aromatic heterocycles. The van der Waals surface area contributed by atoms with Gasteiger partial charge >= 0.3 is 0 Å². The highest BCUT2D eigenvalue weighted by atomic mass is 35.5. The summed E-state index contributed by atoms with van der Waals surface area (Å²) in [6.07, 6.45) is 0. The van der Waals surface area contributed by atoms with Gasteiger partial charge in [-0.2, -0.15) is 5.10 Å². The van der Waals surface area contributed by atoms with Crippen molar-refractivity contribution in [2.75, 3.05) is 5.32 Å². The summed E-state index contributed by atoms with van der Waals surface area (Å²) in [5.74, 6) is 0.0428. The average Bonchev–Trinajstić information content (AvgIpc) is 3.23. The van der Waals surface area contributed by atoms with Crippen LogP contribution in [0.25, 0.3) is 0 Å². The molecule has 0 unspecified atom stereocenters. The fourth-order valence-electron chi connectivity index (χ4n) is 2.72. The number of amides is 1. The Bertz CT molecular complexity index is 1290. The number of rotatable bonds is 7. The van der Waals surface area contributed by atoms with Gasteiger partial charge in [0.2, 0.25) is 5.13 Å². The lowest BCUT2D eigenvalue weighted by Crippen LogP contribution is -2.26. The van der Waals surface area contributed by atoms with Crippen molar-refractivity contribution in [3.8, 4) is 0 Å². The van der Waals surface area contributed by atoms with Gasteiger partial charge in [-0.3, -0.25) is 14.9 Å². The Labute approximate surface area is 201 Å². The molecule has 0 saturated carbocycles. The van der Waals surface area contributed by atoms with Gasteiger partial charge in [-0.1, -0.05) is 82.7 Å². The van der Waals surface area contributed by atoms with Gasteiger partial charge in [0.25, 0.3) is 11.5 Å².